The molecule has 0 saturated heterocycles. The summed E-state index contributed by atoms with van der Waals surface area (Å²) in [5, 5.41) is 9.38. The van der Waals surface area contributed by atoms with Crippen molar-refractivity contribution in [3.8, 4) is 45.3 Å². The van der Waals surface area contributed by atoms with Crippen LogP contribution in [0.1, 0.15) is 27.2 Å². The number of aromatic nitrogens is 4. The van der Waals surface area contributed by atoms with Crippen LogP contribution in [-0.4, -0.2) is 32.8 Å². The van der Waals surface area contributed by atoms with Crippen LogP contribution in [0.5, 0.6) is 23.0 Å². The Labute approximate surface area is 609 Å². The van der Waals surface area contributed by atoms with E-state index in [9.17, 15) is 0 Å². The molecule has 0 saturated carbocycles. The van der Waals surface area contributed by atoms with Crippen LogP contribution in [0, 0.1) is 6.92 Å². The predicted octanol–water partition coefficient (Wildman–Crippen LogP) is 18.5. The van der Waals surface area contributed by atoms with Crippen LogP contribution in [0.25, 0.3) is 87.4 Å². The zero-order valence-electron chi connectivity index (χ0n) is 54.4. The van der Waals surface area contributed by atoms with Gasteiger partial charge in [-0.15, -0.1) is 0 Å². The molecule has 16 aromatic rings. The molecule has 8 heterocycles. The Hall–Kier alpha value is -10.7. The van der Waals surface area contributed by atoms with Gasteiger partial charge in [0.05, 0.1) is 44.8 Å². The van der Waals surface area contributed by atoms with Crippen molar-refractivity contribution in [1.82, 2.24) is 19.9 Å². The molecule has 4 aromatic heterocycles. The second-order valence-corrected chi connectivity index (χ2v) is 25.5. The van der Waals surface area contributed by atoms with Crippen molar-refractivity contribution in [3.63, 3.8) is 0 Å². The van der Waals surface area contributed by atoms with Gasteiger partial charge < -0.3 is 26.2 Å². The first-order valence-electron chi connectivity index (χ1n) is 32.5. The van der Waals surface area contributed by atoms with E-state index in [1.807, 2.05) is 110 Å². The molecule has 0 amide bonds. The fraction of sp³-hybridized carbons (Fsp3) is 0.0471. The molecule has 16 heteroatoms. The molecular weight excluding hydrogens is 1340 g/mol. The summed E-state index contributed by atoms with van der Waals surface area (Å²) in [6.45, 7) is 5.80. The summed E-state index contributed by atoms with van der Waals surface area (Å²) in [7, 11) is 0. The number of anilines is 6. The van der Waals surface area contributed by atoms with Crippen molar-refractivity contribution in [2.45, 2.75) is 27.2 Å². The van der Waals surface area contributed by atoms with Gasteiger partial charge in [-0.3, -0.25) is 24.6 Å². The number of ether oxygens (including phenoxy) is 2. The molecule has 4 aliphatic heterocycles. The maximum atomic E-state index is 8.00. The van der Waals surface area contributed by atoms with Gasteiger partial charge in [-0.25, -0.2) is 0 Å². The zero-order valence-corrected chi connectivity index (χ0v) is 56.8. The summed E-state index contributed by atoms with van der Waals surface area (Å²) in [6.07, 6.45) is 9.52. The van der Waals surface area contributed by atoms with Gasteiger partial charge in [0, 0.05) is 71.3 Å². The van der Waals surface area contributed by atoms with Crippen LogP contribution in [0.4, 0.5) is 48.0 Å². The van der Waals surface area contributed by atoms with E-state index in [-0.39, 0.29) is 43.8 Å². The van der Waals surface area contributed by atoms with Gasteiger partial charge in [0.2, 0.25) is 6.71 Å². The number of hydrogen-bond acceptors (Lipinski definition) is 8. The SMILES string of the molecule is Brc1ccc(N2c3ccccc3Oc3ccccc32)cc1.C.ClB1c2ccccc2-c2ccc3c4cccnc4c4ncccc4c3c21.F.FF.[CH2-]CCC.[Li+].c1ccc2c(c1)Oc1ccccc1N2c1ccc(B2c3ccccc3-c3ccc4c5cccnc5c5ncccc5c4c32)cc1. The smallest absolute Gasteiger partial charge is 0.453 e. The van der Waals surface area contributed by atoms with Gasteiger partial charge in [0.1, 0.15) is 0 Å². The first kappa shape index (κ1) is 68.8. The van der Waals surface area contributed by atoms with Crippen molar-refractivity contribution in [1.29, 1.82) is 0 Å². The van der Waals surface area contributed by atoms with Crippen LogP contribution in [-0.2, 0) is 0 Å². The maximum absolute atomic E-state index is 8.00. The topological polar surface area (TPSA) is 76.5 Å². The minimum atomic E-state index is -0.151. The van der Waals surface area contributed by atoms with Gasteiger partial charge in [-0.2, -0.15) is 17.9 Å². The van der Waals surface area contributed by atoms with E-state index < -0.39 is 0 Å². The Morgan fingerprint density at radius 3 is 1.19 bits per heavy atom. The molecule has 0 fully saturated rings. The van der Waals surface area contributed by atoms with E-state index in [4.69, 9.17) is 40.1 Å². The number of hydrogen-bond donors (Lipinski definition) is 0. The number of benzene rings is 12. The van der Waals surface area contributed by atoms with E-state index in [0.29, 0.717) is 0 Å². The molecule has 0 bridgehead atoms. The van der Waals surface area contributed by atoms with E-state index >= 15 is 0 Å². The third-order valence-electron chi connectivity index (χ3n) is 18.7. The number of para-hydroxylation sites is 8. The van der Waals surface area contributed by atoms with Gasteiger partial charge >= 0.3 is 25.0 Å². The number of fused-ring (bicyclic) bond motifs is 24. The first-order valence-corrected chi connectivity index (χ1v) is 33.8. The van der Waals surface area contributed by atoms with Gasteiger partial charge in [-0.1, -0.05) is 211 Å². The molecule has 0 aliphatic carbocycles. The normalized spacial score (nSPS) is 12.0. The summed E-state index contributed by atoms with van der Waals surface area (Å²) in [4.78, 5) is 23.4. The monoisotopic (exact) mass is 1400 g/mol. The molecule has 0 N–H and O–H groups in total. The van der Waals surface area contributed by atoms with Crippen molar-refractivity contribution in [3.05, 3.63) is 303 Å². The molecule has 12 aromatic carbocycles. The Kier molecular flexibility index (Phi) is 20.2. The molecule has 0 atom stereocenters. The third kappa shape index (κ3) is 12.0. The number of pyridine rings is 4. The Balaban J connectivity index is 0.000000139. The first-order chi connectivity index (χ1) is 48.4. The fourth-order valence-corrected chi connectivity index (χ4v) is 15.2. The molecule has 486 valence electrons. The summed E-state index contributed by atoms with van der Waals surface area (Å²) in [5.41, 5.74) is 21.5. The van der Waals surface area contributed by atoms with Crippen molar-refractivity contribution < 1.29 is 42.2 Å². The number of unbranched alkanes of at least 4 members (excludes halogenated alkanes) is 1. The maximum Gasteiger partial charge on any atom is 1.00 e. The summed E-state index contributed by atoms with van der Waals surface area (Å²) in [5.74, 6) is 3.46. The zero-order chi connectivity index (χ0) is 66.4. The van der Waals surface area contributed by atoms with E-state index in [0.717, 1.165) is 112 Å². The standard InChI is InChI=1S/C40H24BN3O.C22H12BClN2.C18H12BrNO.C4H9.CH4.F2.FH.Li/c1-2-12-32-27(9-1)29-22-21-28-30-10-7-23-42-39(30)40-31(11-8-24-43-40)37(28)38(29)41(32)25-17-19-26(20-18-25)44-33-13-3-5-15-35(33)45-36-16-6-4-14-34(36)44;24-23-18-8-2-1-5-13(18)15-10-9-14-16-6-3-11-25-21(16)22-17(7-4-12-26-22)19(14)20(15)23;19-13-9-11-14(12-10-13)20-15-5-1-3-7-17(15)21-18-8-4-2-6-16(18)20;1-3-4-2;;1-2;;/h1-24H;1-12H;1-12H;1,3-4H2,2H3;1H4;;1H;/q;;;-1;;;;+1. The second kappa shape index (κ2) is 29.6. The molecule has 8 nitrogen and oxygen atoms in total. The average molecular weight is 1400 g/mol. The van der Waals surface area contributed by atoms with Crippen LogP contribution in [0.3, 0.4) is 0 Å². The molecular formula is C85H62B2BrClF3LiN6O2. The molecule has 20 rings (SSSR count). The average Bonchev–Trinajstić information content (AvgIpc) is 1.63. The molecule has 101 heavy (non-hydrogen) atoms. The Morgan fingerprint density at radius 2 is 0.752 bits per heavy atom. The van der Waals surface area contributed by atoms with Crippen molar-refractivity contribution >= 4 is 167 Å². The van der Waals surface area contributed by atoms with Crippen LogP contribution in [0.2, 0.25) is 0 Å². The Bertz CT molecular complexity index is 5600. The Morgan fingerprint density at radius 1 is 0.406 bits per heavy atom. The molecule has 0 radical (unpaired) electrons. The van der Waals surface area contributed by atoms with E-state index in [1.165, 1.54) is 77.5 Å². The fourth-order valence-electron chi connectivity index (χ4n) is 14.5. The predicted molar refractivity (Wildman–Crippen MR) is 417 cm³/mol. The molecule has 4 aliphatic rings. The van der Waals surface area contributed by atoms with Crippen molar-refractivity contribution in [2.24, 2.45) is 0 Å². The van der Waals surface area contributed by atoms with Gasteiger partial charge in [0.15, 0.2) is 23.0 Å². The molecule has 0 unspecified atom stereocenters. The van der Waals surface area contributed by atoms with Crippen LogP contribution >= 0.6 is 27.4 Å². The number of rotatable bonds is 4. The van der Waals surface area contributed by atoms with E-state index in [1.54, 1.807) is 0 Å². The summed E-state index contributed by atoms with van der Waals surface area (Å²) in [6, 6.07) is 93.0. The minimum absolute atomic E-state index is 0. The number of nitrogens with zero attached hydrogens (tertiary/aromatic N) is 6. The second-order valence-electron chi connectivity index (χ2n) is 24.1. The van der Waals surface area contributed by atoms with Crippen molar-refractivity contribution in [2.75, 3.05) is 9.80 Å². The largest absolute Gasteiger partial charge is 1.00 e. The number of halogens is 5. The van der Waals surface area contributed by atoms with Gasteiger partial charge in [0.25, 0.3) is 0 Å². The third-order valence-corrected chi connectivity index (χ3v) is 19.7. The van der Waals surface area contributed by atoms with Gasteiger partial charge in [-0.05, 0) is 164 Å². The van der Waals surface area contributed by atoms with Crippen LogP contribution < -0.4 is 65.4 Å². The summed E-state index contributed by atoms with van der Waals surface area (Å²) < 4.78 is 29.3. The van der Waals surface area contributed by atoms with Crippen LogP contribution in [0.15, 0.2) is 296 Å². The minimum Gasteiger partial charge on any atom is -0.453 e. The molecule has 0 spiro atoms. The van der Waals surface area contributed by atoms with E-state index in [2.05, 4.69) is 232 Å². The summed E-state index contributed by atoms with van der Waals surface area (Å²) >= 11 is 10.5. The quantitative estimate of drug-likeness (QED) is 0.0980.